The van der Waals surface area contributed by atoms with Crippen molar-refractivity contribution in [3.8, 4) is 17.1 Å². The van der Waals surface area contributed by atoms with Crippen LogP contribution in [-0.2, 0) is 9.53 Å². The van der Waals surface area contributed by atoms with Gasteiger partial charge in [0.05, 0.1) is 30.8 Å². The minimum atomic E-state index is -0.877. The van der Waals surface area contributed by atoms with Crippen molar-refractivity contribution in [3.05, 3.63) is 54.6 Å². The van der Waals surface area contributed by atoms with Gasteiger partial charge >= 0.3 is 5.97 Å². The summed E-state index contributed by atoms with van der Waals surface area (Å²) in [4.78, 5) is 13.0. The van der Waals surface area contributed by atoms with Crippen molar-refractivity contribution < 1.29 is 28.9 Å². The summed E-state index contributed by atoms with van der Waals surface area (Å²) in [6.45, 7) is 15.2. The van der Waals surface area contributed by atoms with E-state index in [-0.39, 0.29) is 23.4 Å². The van der Waals surface area contributed by atoms with Gasteiger partial charge in [-0.3, -0.25) is 4.79 Å². The normalized spacial score (nSPS) is 15.4. The maximum absolute atomic E-state index is 13.0. The average molecular weight is 553 g/mol. The first-order valence-electron chi connectivity index (χ1n) is 14.4. The minimum absolute atomic E-state index is 0.0114. The zero-order valence-corrected chi connectivity index (χ0v) is 25.3. The van der Waals surface area contributed by atoms with Gasteiger partial charge in [-0.1, -0.05) is 71.9 Å². The third kappa shape index (κ3) is 8.58. The number of rotatable bonds is 13. The van der Waals surface area contributed by atoms with Gasteiger partial charge in [0.15, 0.2) is 0 Å². The molecule has 0 aliphatic carbocycles. The van der Waals surface area contributed by atoms with Crippen LogP contribution in [0.4, 0.5) is 0 Å². The molecule has 0 radical (unpaired) electrons. The quantitative estimate of drug-likeness (QED) is 0.166. The van der Waals surface area contributed by atoms with Crippen LogP contribution < -0.4 is 4.74 Å². The molecule has 3 atom stereocenters. The second-order valence-electron chi connectivity index (χ2n) is 13.4. The number of benzene rings is 2. The van der Waals surface area contributed by atoms with Crippen LogP contribution in [0.2, 0.25) is 0 Å². The second-order valence-corrected chi connectivity index (χ2v) is 13.4. The average Bonchev–Trinajstić information content (AvgIpc) is 3.31. The number of furan rings is 1. The second kappa shape index (κ2) is 13.2. The molecule has 0 bridgehead atoms. The van der Waals surface area contributed by atoms with Crippen LogP contribution in [0.1, 0.15) is 80.6 Å². The Morgan fingerprint density at radius 1 is 0.850 bits per heavy atom. The third-order valence-electron chi connectivity index (χ3n) is 7.77. The Bertz CT molecular complexity index is 1220. The molecule has 2 aromatic carbocycles. The lowest BCUT2D eigenvalue weighted by molar-refractivity contribution is -0.165. The van der Waals surface area contributed by atoms with Gasteiger partial charge in [0.1, 0.15) is 17.1 Å². The highest BCUT2D eigenvalue weighted by Gasteiger charge is 2.47. The van der Waals surface area contributed by atoms with Crippen LogP contribution in [0.25, 0.3) is 22.3 Å². The Kier molecular flexibility index (Phi) is 10.5. The van der Waals surface area contributed by atoms with Crippen molar-refractivity contribution in [1.29, 1.82) is 0 Å². The Balaban J connectivity index is 1.38. The Hall–Kier alpha value is -2.83. The fourth-order valence-corrected chi connectivity index (χ4v) is 5.03. The maximum atomic E-state index is 13.0. The van der Waals surface area contributed by atoms with E-state index in [1.165, 1.54) is 0 Å². The summed E-state index contributed by atoms with van der Waals surface area (Å²) in [6, 6.07) is 17.7. The molecule has 3 unspecified atom stereocenters. The van der Waals surface area contributed by atoms with Crippen molar-refractivity contribution in [1.82, 2.24) is 0 Å². The number of aliphatic hydroxyl groups is 2. The van der Waals surface area contributed by atoms with Crippen LogP contribution in [0.15, 0.2) is 59.0 Å². The standard InChI is InChI=1S/C34H48O6/c1-32(2,3)23-34(7,33(4,5)6)31(37)39-20-12-16-28(36)27(35)15-11-19-38-26-18-17-25-21-29(40-30(25)22-26)24-13-9-8-10-14-24/h8-10,13-14,17-18,21-22,27-28,35-36H,11-12,15-16,19-20,23H2,1-7H3. The summed E-state index contributed by atoms with van der Waals surface area (Å²) in [7, 11) is 0. The van der Waals surface area contributed by atoms with Crippen LogP contribution in [0.5, 0.6) is 5.75 Å². The summed E-state index contributed by atoms with van der Waals surface area (Å²) >= 11 is 0. The molecular weight excluding hydrogens is 504 g/mol. The van der Waals surface area contributed by atoms with E-state index in [4.69, 9.17) is 13.9 Å². The van der Waals surface area contributed by atoms with Crippen LogP contribution in [0, 0.1) is 16.2 Å². The smallest absolute Gasteiger partial charge is 0.312 e. The van der Waals surface area contributed by atoms with Crippen molar-refractivity contribution >= 4 is 16.9 Å². The predicted octanol–water partition coefficient (Wildman–Crippen LogP) is 7.79. The number of ether oxygens (including phenoxy) is 2. The van der Waals surface area contributed by atoms with Crippen LogP contribution in [-0.4, -0.2) is 41.6 Å². The monoisotopic (exact) mass is 552 g/mol. The fourth-order valence-electron chi connectivity index (χ4n) is 5.03. The lowest BCUT2D eigenvalue weighted by Gasteiger charge is -2.43. The number of hydrogen-bond donors (Lipinski definition) is 2. The van der Waals surface area contributed by atoms with E-state index in [0.29, 0.717) is 38.0 Å². The van der Waals surface area contributed by atoms with Gasteiger partial charge in [0.25, 0.3) is 0 Å². The molecule has 2 N–H and O–H groups in total. The number of fused-ring (bicyclic) bond motifs is 1. The van der Waals surface area contributed by atoms with E-state index in [9.17, 15) is 15.0 Å². The molecule has 3 rings (SSSR count). The van der Waals surface area contributed by atoms with Crippen molar-refractivity contribution in [2.75, 3.05) is 13.2 Å². The molecule has 3 aromatic rings. The molecule has 1 aromatic heterocycles. The first kappa shape index (κ1) is 31.7. The first-order valence-corrected chi connectivity index (χ1v) is 14.4. The van der Waals surface area contributed by atoms with E-state index in [0.717, 1.165) is 28.7 Å². The summed E-state index contributed by atoms with van der Waals surface area (Å²) in [5.74, 6) is 1.31. The van der Waals surface area contributed by atoms with Gasteiger partial charge in [-0.2, -0.15) is 0 Å². The molecule has 0 saturated carbocycles. The largest absolute Gasteiger partial charge is 0.493 e. The zero-order valence-electron chi connectivity index (χ0n) is 25.3. The maximum Gasteiger partial charge on any atom is 0.312 e. The SMILES string of the molecule is CC(C)(C)CC(C)(C(=O)OCCCC(O)C(O)CCCOc1ccc2cc(-c3ccccc3)oc2c1)C(C)(C)C. The molecule has 0 aliphatic rings. The molecule has 6 nitrogen and oxygen atoms in total. The number of carbonyl (C=O) groups is 1. The topological polar surface area (TPSA) is 89.1 Å². The highest BCUT2D eigenvalue weighted by Crippen LogP contribution is 2.47. The molecule has 0 saturated heterocycles. The predicted molar refractivity (Wildman–Crippen MR) is 160 cm³/mol. The number of carbonyl (C=O) groups excluding carboxylic acids is 1. The summed E-state index contributed by atoms with van der Waals surface area (Å²) in [5.41, 5.74) is 0.908. The van der Waals surface area contributed by atoms with Gasteiger partial charge in [0, 0.05) is 17.0 Å². The first-order chi connectivity index (χ1) is 18.7. The molecule has 220 valence electrons. The van der Waals surface area contributed by atoms with E-state index in [1.807, 2.05) is 61.5 Å². The molecule has 0 aliphatic heterocycles. The lowest BCUT2D eigenvalue weighted by Crippen LogP contribution is -2.44. The molecule has 0 amide bonds. The lowest BCUT2D eigenvalue weighted by atomic mass is 9.61. The highest BCUT2D eigenvalue weighted by molar-refractivity contribution is 5.84. The zero-order chi connectivity index (χ0) is 29.6. The van der Waals surface area contributed by atoms with E-state index in [2.05, 4.69) is 41.5 Å². The van der Waals surface area contributed by atoms with Gasteiger partial charge in [-0.15, -0.1) is 0 Å². The number of hydrogen-bond acceptors (Lipinski definition) is 6. The molecule has 0 spiro atoms. The van der Waals surface area contributed by atoms with E-state index >= 15 is 0 Å². The molecule has 0 fully saturated rings. The fraction of sp³-hybridized carbons (Fsp3) is 0.559. The van der Waals surface area contributed by atoms with Crippen molar-refractivity contribution in [3.63, 3.8) is 0 Å². The Labute approximate surface area is 239 Å². The van der Waals surface area contributed by atoms with Gasteiger partial charge in [-0.05, 0) is 68.1 Å². The molecule has 1 heterocycles. The minimum Gasteiger partial charge on any atom is -0.493 e. The molecule has 40 heavy (non-hydrogen) atoms. The summed E-state index contributed by atoms with van der Waals surface area (Å²) in [6.07, 6.45) is 0.838. The highest BCUT2D eigenvalue weighted by atomic mass is 16.5. The molecule has 6 heteroatoms. The van der Waals surface area contributed by atoms with E-state index < -0.39 is 17.6 Å². The van der Waals surface area contributed by atoms with Crippen molar-refractivity contribution in [2.45, 2.75) is 92.8 Å². The van der Waals surface area contributed by atoms with Crippen LogP contribution >= 0.6 is 0 Å². The van der Waals surface area contributed by atoms with Gasteiger partial charge in [-0.25, -0.2) is 0 Å². The number of esters is 1. The Morgan fingerprint density at radius 3 is 2.08 bits per heavy atom. The summed E-state index contributed by atoms with van der Waals surface area (Å²) in [5, 5.41) is 21.8. The van der Waals surface area contributed by atoms with Crippen LogP contribution in [0.3, 0.4) is 0 Å². The molecular formula is C34H48O6. The number of aliphatic hydroxyl groups excluding tert-OH is 2. The van der Waals surface area contributed by atoms with Gasteiger partial charge in [0.2, 0.25) is 0 Å². The summed E-state index contributed by atoms with van der Waals surface area (Å²) < 4.78 is 17.5. The van der Waals surface area contributed by atoms with Crippen molar-refractivity contribution in [2.24, 2.45) is 16.2 Å². The van der Waals surface area contributed by atoms with Gasteiger partial charge < -0.3 is 24.1 Å². The Morgan fingerprint density at radius 2 is 1.48 bits per heavy atom. The van der Waals surface area contributed by atoms with E-state index in [1.54, 1.807) is 0 Å². The third-order valence-corrected chi connectivity index (χ3v) is 7.77.